The highest BCUT2D eigenvalue weighted by atomic mass is 35.5. The van der Waals surface area contributed by atoms with Crippen LogP contribution in [-0.2, 0) is 26.0 Å². The van der Waals surface area contributed by atoms with Crippen molar-refractivity contribution < 1.29 is 17.9 Å². The molecule has 2 aromatic rings. The number of nitrogens with zero attached hydrogens (tertiary/aromatic N) is 1. The zero-order valence-corrected chi connectivity index (χ0v) is 17.6. The van der Waals surface area contributed by atoms with Crippen LogP contribution in [0.1, 0.15) is 11.1 Å². The fraction of sp³-hybridized carbons (Fsp3) is 0.250. The van der Waals surface area contributed by atoms with E-state index < -0.39 is 16.0 Å². The van der Waals surface area contributed by atoms with E-state index in [9.17, 15) is 13.2 Å². The lowest BCUT2D eigenvalue weighted by molar-refractivity contribution is -0.134. The minimum absolute atomic E-state index is 0.155. The van der Waals surface area contributed by atoms with Gasteiger partial charge in [-0.05, 0) is 47.9 Å². The molecule has 1 aliphatic rings. The summed E-state index contributed by atoms with van der Waals surface area (Å²) in [6, 6.07) is 13.9. The van der Waals surface area contributed by atoms with Crippen molar-refractivity contribution in [3.05, 3.63) is 70.8 Å². The fourth-order valence-corrected chi connectivity index (χ4v) is 6.27. The number of sulfonamides is 1. The third-order valence-electron chi connectivity index (χ3n) is 4.37. The van der Waals surface area contributed by atoms with Crippen molar-refractivity contribution in [3.8, 4) is 0 Å². The molecule has 0 aromatic heterocycles. The van der Waals surface area contributed by atoms with Crippen molar-refractivity contribution in [1.82, 2.24) is 4.31 Å². The number of carbonyl (C=O) groups excluding carboxylic acids is 1. The first-order valence-corrected chi connectivity index (χ1v) is 11.5. The van der Waals surface area contributed by atoms with Crippen LogP contribution < -0.4 is 0 Å². The summed E-state index contributed by atoms with van der Waals surface area (Å²) in [6.07, 6.45) is 3.65. The molecular formula is C20H20ClNO4S2. The first-order chi connectivity index (χ1) is 13.4. The maximum absolute atomic E-state index is 13.0. The Labute approximate surface area is 174 Å². The van der Waals surface area contributed by atoms with Gasteiger partial charge in [-0.3, -0.25) is 0 Å². The van der Waals surface area contributed by atoms with Gasteiger partial charge in [-0.25, -0.2) is 13.2 Å². The van der Waals surface area contributed by atoms with E-state index in [1.807, 2.05) is 24.3 Å². The van der Waals surface area contributed by atoms with Gasteiger partial charge in [0.2, 0.25) is 10.0 Å². The monoisotopic (exact) mass is 437 g/mol. The number of rotatable bonds is 6. The molecule has 0 aliphatic carbocycles. The highest BCUT2D eigenvalue weighted by Gasteiger charge is 2.35. The Hall–Kier alpha value is -1.80. The van der Waals surface area contributed by atoms with Crippen molar-refractivity contribution in [2.45, 2.75) is 16.7 Å². The molecule has 1 heterocycles. The molecule has 5 nitrogen and oxygen atoms in total. The minimum atomic E-state index is -3.56. The Morgan fingerprint density at radius 1 is 1.21 bits per heavy atom. The molecule has 0 saturated carbocycles. The second kappa shape index (κ2) is 9.13. The molecule has 0 spiro atoms. The van der Waals surface area contributed by atoms with Crippen LogP contribution in [0.15, 0.2) is 59.5 Å². The summed E-state index contributed by atoms with van der Waals surface area (Å²) in [6.45, 7) is 0.486. The molecule has 8 heteroatoms. The maximum Gasteiger partial charge on any atom is 0.330 e. The standard InChI is InChI=1S/C20H20ClNO4S2/c1-26-20(23)11-6-15-2-4-16(5-3-15)14-19-22(12-13-27-19)28(24,25)18-9-7-17(21)8-10-18/h2-11,19H,12-14H2,1H3/b11-6+. The van der Waals surface area contributed by atoms with Crippen molar-refractivity contribution in [2.24, 2.45) is 0 Å². The lowest BCUT2D eigenvalue weighted by Crippen LogP contribution is -2.36. The van der Waals surface area contributed by atoms with E-state index in [1.165, 1.54) is 13.2 Å². The average Bonchev–Trinajstić information content (AvgIpc) is 3.16. The highest BCUT2D eigenvalue weighted by Crippen LogP contribution is 2.32. The largest absolute Gasteiger partial charge is 0.466 e. The Kier molecular flexibility index (Phi) is 6.82. The van der Waals surface area contributed by atoms with Gasteiger partial charge < -0.3 is 4.74 Å². The van der Waals surface area contributed by atoms with Gasteiger partial charge in [0.1, 0.15) is 0 Å². The topological polar surface area (TPSA) is 63.7 Å². The molecule has 1 atom stereocenters. The van der Waals surface area contributed by atoms with Gasteiger partial charge in [0.25, 0.3) is 0 Å². The van der Waals surface area contributed by atoms with E-state index in [1.54, 1.807) is 46.4 Å². The van der Waals surface area contributed by atoms with E-state index >= 15 is 0 Å². The number of esters is 1. The van der Waals surface area contributed by atoms with Gasteiger partial charge in [0.15, 0.2) is 0 Å². The number of methoxy groups -OCH3 is 1. The van der Waals surface area contributed by atoms with Crippen molar-refractivity contribution in [3.63, 3.8) is 0 Å². The van der Waals surface area contributed by atoms with Crippen molar-refractivity contribution in [1.29, 1.82) is 0 Å². The van der Waals surface area contributed by atoms with E-state index in [4.69, 9.17) is 11.6 Å². The molecule has 0 N–H and O–H groups in total. The van der Waals surface area contributed by atoms with E-state index in [0.717, 1.165) is 16.9 Å². The summed E-state index contributed by atoms with van der Waals surface area (Å²) in [5.74, 6) is 0.353. The molecule has 0 radical (unpaired) electrons. The Bertz CT molecular complexity index is 957. The van der Waals surface area contributed by atoms with Crippen molar-refractivity contribution >= 4 is 45.4 Å². The van der Waals surface area contributed by atoms with E-state index in [2.05, 4.69) is 4.74 Å². The molecule has 3 rings (SSSR count). The van der Waals surface area contributed by atoms with Crippen LogP contribution in [0.4, 0.5) is 0 Å². The molecule has 148 valence electrons. The predicted molar refractivity (Wildman–Crippen MR) is 113 cm³/mol. The summed E-state index contributed by atoms with van der Waals surface area (Å²) in [4.78, 5) is 11.4. The zero-order chi connectivity index (χ0) is 20.1. The Morgan fingerprint density at radius 3 is 2.54 bits per heavy atom. The van der Waals surface area contributed by atoms with Gasteiger partial charge in [-0.15, -0.1) is 11.8 Å². The first kappa shape index (κ1) is 20.9. The first-order valence-electron chi connectivity index (χ1n) is 8.64. The number of benzene rings is 2. The van der Waals surface area contributed by atoms with E-state index in [-0.39, 0.29) is 10.3 Å². The van der Waals surface area contributed by atoms with Gasteiger partial charge in [0, 0.05) is 23.4 Å². The second-order valence-electron chi connectivity index (χ2n) is 6.20. The van der Waals surface area contributed by atoms with Gasteiger partial charge in [-0.2, -0.15) is 4.31 Å². The number of ether oxygens (including phenoxy) is 1. The van der Waals surface area contributed by atoms with Crippen molar-refractivity contribution in [2.75, 3.05) is 19.4 Å². The summed E-state index contributed by atoms with van der Waals surface area (Å²) in [5.41, 5.74) is 1.91. The second-order valence-corrected chi connectivity index (χ2v) is 9.81. The van der Waals surface area contributed by atoms with Crippen LogP contribution in [0, 0.1) is 0 Å². The molecular weight excluding hydrogens is 418 g/mol. The third-order valence-corrected chi connectivity index (χ3v) is 7.90. The highest BCUT2D eigenvalue weighted by molar-refractivity contribution is 8.01. The van der Waals surface area contributed by atoms with Gasteiger partial charge in [-0.1, -0.05) is 35.9 Å². The van der Waals surface area contributed by atoms with Crippen LogP contribution in [0.25, 0.3) is 6.08 Å². The molecule has 0 amide bonds. The summed E-state index contributed by atoms with van der Waals surface area (Å²) < 4.78 is 32.1. The molecule has 1 unspecified atom stereocenters. The number of hydrogen-bond acceptors (Lipinski definition) is 5. The summed E-state index contributed by atoms with van der Waals surface area (Å²) in [7, 11) is -2.23. The summed E-state index contributed by atoms with van der Waals surface area (Å²) >= 11 is 7.51. The quantitative estimate of drug-likeness (QED) is 0.507. The third kappa shape index (κ3) is 4.97. The lowest BCUT2D eigenvalue weighted by Gasteiger charge is -2.23. The smallest absolute Gasteiger partial charge is 0.330 e. The maximum atomic E-state index is 13.0. The zero-order valence-electron chi connectivity index (χ0n) is 15.2. The van der Waals surface area contributed by atoms with Gasteiger partial charge >= 0.3 is 5.97 Å². The Balaban J connectivity index is 1.72. The fourth-order valence-electron chi connectivity index (χ4n) is 2.88. The van der Waals surface area contributed by atoms with Crippen LogP contribution in [0.5, 0.6) is 0 Å². The average molecular weight is 438 g/mol. The Morgan fingerprint density at radius 2 is 1.89 bits per heavy atom. The van der Waals surface area contributed by atoms with Gasteiger partial charge in [0.05, 0.1) is 17.4 Å². The molecule has 1 fully saturated rings. The number of thioether (sulfide) groups is 1. The number of hydrogen-bond donors (Lipinski definition) is 0. The normalized spacial score (nSPS) is 17.9. The van der Waals surface area contributed by atoms with E-state index in [0.29, 0.717) is 18.0 Å². The minimum Gasteiger partial charge on any atom is -0.466 e. The lowest BCUT2D eigenvalue weighted by atomic mass is 10.1. The molecule has 1 aliphatic heterocycles. The predicted octanol–water partition coefficient (Wildman–Crippen LogP) is 3.83. The molecule has 2 aromatic carbocycles. The number of halogens is 1. The molecule has 1 saturated heterocycles. The summed E-state index contributed by atoms with van der Waals surface area (Å²) in [5, 5.41) is 0.352. The van der Waals surface area contributed by atoms with Crippen LogP contribution in [0.3, 0.4) is 0 Å². The SMILES string of the molecule is COC(=O)/C=C/c1ccc(CC2SCCN2S(=O)(=O)c2ccc(Cl)cc2)cc1. The number of carbonyl (C=O) groups is 1. The van der Waals surface area contributed by atoms with Crippen LogP contribution in [-0.4, -0.2) is 43.5 Å². The molecule has 0 bridgehead atoms. The van der Waals surface area contributed by atoms with Crippen LogP contribution in [0.2, 0.25) is 5.02 Å². The molecule has 28 heavy (non-hydrogen) atoms. The van der Waals surface area contributed by atoms with Crippen LogP contribution >= 0.6 is 23.4 Å².